The zero-order valence-electron chi connectivity index (χ0n) is 27.4. The second-order valence-corrected chi connectivity index (χ2v) is 14.3. The molecular formula is C36H43ClN2O7S. The van der Waals surface area contributed by atoms with Crippen LogP contribution in [0.4, 0.5) is 0 Å². The van der Waals surface area contributed by atoms with E-state index in [1.54, 1.807) is 18.7 Å². The van der Waals surface area contributed by atoms with Gasteiger partial charge in [0.15, 0.2) is 17.3 Å². The van der Waals surface area contributed by atoms with Gasteiger partial charge in [0.2, 0.25) is 17.3 Å². The van der Waals surface area contributed by atoms with Crippen molar-refractivity contribution in [3.05, 3.63) is 57.8 Å². The van der Waals surface area contributed by atoms with Gasteiger partial charge in [-0.05, 0) is 68.6 Å². The van der Waals surface area contributed by atoms with Crippen molar-refractivity contribution in [3.8, 4) is 17.2 Å². The van der Waals surface area contributed by atoms with E-state index in [1.165, 1.54) is 33.1 Å². The number of rotatable bonds is 9. The number of ether oxygens (including phenoxy) is 3. The Morgan fingerprint density at radius 2 is 1.85 bits per heavy atom. The number of piperidine rings is 2. The molecule has 47 heavy (non-hydrogen) atoms. The highest BCUT2D eigenvalue weighted by Gasteiger charge is 2.61. The molecule has 2 aromatic carbocycles. The number of carbonyl (C=O) groups is 3. The van der Waals surface area contributed by atoms with Crippen LogP contribution in [-0.2, 0) is 9.59 Å². The molecule has 9 nitrogen and oxygen atoms in total. The lowest BCUT2D eigenvalue weighted by atomic mass is 9.69. The Morgan fingerprint density at radius 1 is 1.13 bits per heavy atom. The molecule has 252 valence electrons. The van der Waals surface area contributed by atoms with Crippen LogP contribution in [0.3, 0.4) is 0 Å². The molecule has 6 rings (SSSR count). The lowest BCUT2D eigenvalue weighted by molar-refractivity contribution is -0.122. The van der Waals surface area contributed by atoms with E-state index in [0.29, 0.717) is 24.1 Å². The second kappa shape index (κ2) is 13.7. The third-order valence-electron chi connectivity index (χ3n) is 10.6. The number of aliphatic hydroxyl groups is 1. The molecule has 1 amide bonds. The summed E-state index contributed by atoms with van der Waals surface area (Å²) in [5.41, 5.74) is -1.15. The van der Waals surface area contributed by atoms with E-state index in [0.717, 1.165) is 37.2 Å². The van der Waals surface area contributed by atoms with Crippen molar-refractivity contribution >= 4 is 40.8 Å². The summed E-state index contributed by atoms with van der Waals surface area (Å²) in [6.07, 6.45) is 7.60. The number of halogens is 1. The van der Waals surface area contributed by atoms with Gasteiger partial charge in [0.1, 0.15) is 22.1 Å². The van der Waals surface area contributed by atoms with Crippen molar-refractivity contribution < 1.29 is 33.7 Å². The molecule has 1 spiro atoms. The SMILES string of the molecule is COc1cc(OC)c2c(c1Cl)OC1(C2=O)C(O)=C(C(CC(=O)NCC2CCCN3CCCCC23)c2ccc(SC)cc2)C(=O)CC1C. The van der Waals surface area contributed by atoms with E-state index >= 15 is 0 Å². The van der Waals surface area contributed by atoms with Crippen LogP contribution in [0.5, 0.6) is 17.2 Å². The van der Waals surface area contributed by atoms with Crippen LogP contribution < -0.4 is 19.5 Å². The number of fused-ring (bicyclic) bond motifs is 2. The fraction of sp³-hybridized carbons (Fsp3) is 0.528. The highest BCUT2D eigenvalue weighted by Crippen LogP contribution is 2.55. The highest BCUT2D eigenvalue weighted by atomic mass is 35.5. The zero-order valence-corrected chi connectivity index (χ0v) is 29.0. The number of benzene rings is 2. The molecule has 4 aliphatic rings. The van der Waals surface area contributed by atoms with Crippen LogP contribution in [-0.4, -0.2) is 79.2 Å². The summed E-state index contributed by atoms with van der Waals surface area (Å²) in [5.74, 6) is -2.30. The van der Waals surface area contributed by atoms with Gasteiger partial charge < -0.3 is 29.5 Å². The number of carbonyl (C=O) groups excluding carboxylic acids is 3. The molecule has 2 aromatic rings. The maximum Gasteiger partial charge on any atom is 0.231 e. The van der Waals surface area contributed by atoms with Crippen LogP contribution in [0.15, 0.2) is 46.6 Å². The predicted molar refractivity (Wildman–Crippen MR) is 181 cm³/mol. The average molecular weight is 683 g/mol. The van der Waals surface area contributed by atoms with Gasteiger partial charge in [-0.25, -0.2) is 0 Å². The minimum absolute atomic E-state index is 0.00878. The number of allylic oxidation sites excluding steroid dienone is 1. The number of ketones is 2. The van der Waals surface area contributed by atoms with Crippen LogP contribution in [0, 0.1) is 11.8 Å². The van der Waals surface area contributed by atoms with Crippen molar-refractivity contribution in [1.29, 1.82) is 0 Å². The Bertz CT molecular complexity index is 1590. The molecule has 0 radical (unpaired) electrons. The molecule has 2 N–H and O–H groups in total. The molecule has 0 bridgehead atoms. The molecule has 1 aliphatic carbocycles. The van der Waals surface area contributed by atoms with Gasteiger partial charge >= 0.3 is 0 Å². The first kappa shape index (κ1) is 33.7. The first-order chi connectivity index (χ1) is 22.6. The maximum atomic E-state index is 14.3. The number of Topliss-reactive ketones (excluding diaryl/α,β-unsaturated/α-hetero) is 2. The summed E-state index contributed by atoms with van der Waals surface area (Å²) in [4.78, 5) is 45.6. The summed E-state index contributed by atoms with van der Waals surface area (Å²) in [7, 11) is 2.86. The van der Waals surface area contributed by atoms with Gasteiger partial charge in [0.05, 0.1) is 14.2 Å². The topological polar surface area (TPSA) is 114 Å². The van der Waals surface area contributed by atoms with Gasteiger partial charge in [-0.15, -0.1) is 11.8 Å². The number of hydrogen-bond acceptors (Lipinski definition) is 9. The first-order valence-electron chi connectivity index (χ1n) is 16.4. The molecule has 3 aliphatic heterocycles. The minimum atomic E-state index is -1.92. The monoisotopic (exact) mass is 682 g/mol. The van der Waals surface area contributed by atoms with Crippen molar-refractivity contribution in [1.82, 2.24) is 10.2 Å². The van der Waals surface area contributed by atoms with Crippen LogP contribution in [0.2, 0.25) is 5.02 Å². The number of hydrogen-bond donors (Lipinski definition) is 2. The summed E-state index contributed by atoms with van der Waals surface area (Å²) in [6.45, 7) is 4.50. The third-order valence-corrected chi connectivity index (χ3v) is 11.7. The Balaban J connectivity index is 1.36. The Kier molecular flexibility index (Phi) is 9.84. The van der Waals surface area contributed by atoms with E-state index in [4.69, 9.17) is 25.8 Å². The average Bonchev–Trinajstić information content (AvgIpc) is 3.40. The first-order valence-corrected chi connectivity index (χ1v) is 18.0. The number of aliphatic hydroxyl groups excluding tert-OH is 1. The number of nitrogens with one attached hydrogen (secondary N) is 1. The van der Waals surface area contributed by atoms with Gasteiger partial charge in [-0.1, -0.05) is 37.1 Å². The molecule has 2 fully saturated rings. The molecular weight excluding hydrogens is 640 g/mol. The van der Waals surface area contributed by atoms with Crippen LogP contribution >= 0.6 is 23.4 Å². The fourth-order valence-corrected chi connectivity index (χ4v) is 8.75. The summed E-state index contributed by atoms with van der Waals surface area (Å²) in [6, 6.07) is 9.59. The quantitative estimate of drug-likeness (QED) is 0.291. The fourth-order valence-electron chi connectivity index (χ4n) is 8.08. The Morgan fingerprint density at radius 3 is 2.55 bits per heavy atom. The lowest BCUT2D eigenvalue weighted by Gasteiger charge is -2.44. The Hall–Kier alpha value is -3.21. The van der Waals surface area contributed by atoms with E-state index < -0.39 is 29.0 Å². The second-order valence-electron chi connectivity index (χ2n) is 13.1. The molecule has 3 heterocycles. The number of methoxy groups -OCH3 is 2. The predicted octanol–water partition coefficient (Wildman–Crippen LogP) is 6.37. The van der Waals surface area contributed by atoms with Crippen molar-refractivity contribution in [2.45, 2.75) is 74.3 Å². The highest BCUT2D eigenvalue weighted by molar-refractivity contribution is 7.98. The van der Waals surface area contributed by atoms with E-state index in [1.807, 2.05) is 30.5 Å². The smallest absolute Gasteiger partial charge is 0.231 e. The third kappa shape index (κ3) is 5.91. The lowest BCUT2D eigenvalue weighted by Crippen LogP contribution is -2.53. The van der Waals surface area contributed by atoms with Crippen molar-refractivity contribution in [2.75, 3.05) is 40.1 Å². The van der Waals surface area contributed by atoms with E-state index in [-0.39, 0.29) is 57.9 Å². The minimum Gasteiger partial charge on any atom is -0.507 e. The van der Waals surface area contributed by atoms with Crippen LogP contribution in [0.1, 0.15) is 73.7 Å². The van der Waals surface area contributed by atoms with Gasteiger partial charge in [-0.3, -0.25) is 14.4 Å². The normalized spacial score (nSPS) is 26.4. The standard InChI is InChI=1S/C36H43ClN2O7S/c1-20-16-26(40)30(34(42)36(20)35(43)31-27(44-2)18-28(45-3)32(37)33(31)46-36)24(21-10-12-23(47-4)13-11-21)17-29(41)38-19-22-8-7-15-39-14-6-5-9-25(22)39/h10-13,18,20,22,24-25,42H,5-9,14-17,19H2,1-4H3,(H,38,41). The van der Waals surface area contributed by atoms with E-state index in [9.17, 15) is 19.5 Å². The number of nitrogens with zero attached hydrogens (tertiary/aromatic N) is 1. The zero-order chi connectivity index (χ0) is 33.5. The largest absolute Gasteiger partial charge is 0.507 e. The Labute approximate surface area is 285 Å². The number of amides is 1. The van der Waals surface area contributed by atoms with Gasteiger partial charge in [0.25, 0.3) is 0 Å². The van der Waals surface area contributed by atoms with Gasteiger partial charge in [-0.2, -0.15) is 0 Å². The molecule has 2 saturated heterocycles. The van der Waals surface area contributed by atoms with Gasteiger partial charge in [0, 0.05) is 53.8 Å². The summed E-state index contributed by atoms with van der Waals surface area (Å²) in [5, 5.41) is 15.4. The number of thioether (sulfide) groups is 1. The summed E-state index contributed by atoms with van der Waals surface area (Å²) < 4.78 is 17.3. The molecule has 5 unspecified atom stereocenters. The van der Waals surface area contributed by atoms with E-state index in [2.05, 4.69) is 10.2 Å². The van der Waals surface area contributed by atoms with Crippen molar-refractivity contribution in [3.63, 3.8) is 0 Å². The molecule has 11 heteroatoms. The molecule has 5 atom stereocenters. The summed E-state index contributed by atoms with van der Waals surface area (Å²) >= 11 is 8.21. The maximum absolute atomic E-state index is 14.3. The molecule has 0 saturated carbocycles. The molecule has 0 aromatic heterocycles. The van der Waals surface area contributed by atoms with Crippen LogP contribution in [0.25, 0.3) is 0 Å². The van der Waals surface area contributed by atoms with Crippen molar-refractivity contribution in [2.24, 2.45) is 11.8 Å².